The summed E-state index contributed by atoms with van der Waals surface area (Å²) >= 11 is 0. The van der Waals surface area contributed by atoms with Crippen LogP contribution in [0.5, 0.6) is 0 Å². The first-order valence-electron chi connectivity index (χ1n) is 6.44. The molecule has 0 aromatic carbocycles. The molecule has 1 aromatic heterocycles. The lowest BCUT2D eigenvalue weighted by molar-refractivity contribution is 0.233. The molecule has 0 amide bonds. The lowest BCUT2D eigenvalue weighted by atomic mass is 10.1. The minimum Gasteiger partial charge on any atom is -0.394 e. The van der Waals surface area contributed by atoms with Crippen molar-refractivity contribution in [3.05, 3.63) is 0 Å². The summed E-state index contributed by atoms with van der Waals surface area (Å²) in [4.78, 5) is 14.8. The Balaban J connectivity index is 2.99. The van der Waals surface area contributed by atoms with E-state index in [0.29, 0.717) is 17.8 Å². The summed E-state index contributed by atoms with van der Waals surface area (Å²) in [7, 11) is 3.75. The Hall–Kier alpha value is -1.63. The Bertz CT molecular complexity index is 407. The van der Waals surface area contributed by atoms with E-state index in [9.17, 15) is 5.11 Å². The summed E-state index contributed by atoms with van der Waals surface area (Å²) < 4.78 is 0. The van der Waals surface area contributed by atoms with Crippen LogP contribution in [0.1, 0.15) is 27.2 Å². The number of anilines is 3. The van der Waals surface area contributed by atoms with Crippen LogP contribution in [-0.4, -0.2) is 52.8 Å². The number of aromatic nitrogens is 3. The Morgan fingerprint density at radius 1 is 1.16 bits per heavy atom. The van der Waals surface area contributed by atoms with Gasteiger partial charge in [0.15, 0.2) is 0 Å². The molecule has 0 atom stereocenters. The molecule has 0 fully saturated rings. The second-order valence-electron chi connectivity index (χ2n) is 5.27. The maximum atomic E-state index is 9.28. The summed E-state index contributed by atoms with van der Waals surface area (Å²) in [6, 6.07) is 0. The van der Waals surface area contributed by atoms with Crippen LogP contribution in [0.4, 0.5) is 17.8 Å². The van der Waals surface area contributed by atoms with Crippen molar-refractivity contribution in [1.29, 1.82) is 0 Å². The summed E-state index contributed by atoms with van der Waals surface area (Å²) in [5.41, 5.74) is -0.479. The van der Waals surface area contributed by atoms with Crippen molar-refractivity contribution in [2.45, 2.75) is 32.7 Å². The summed E-state index contributed by atoms with van der Waals surface area (Å²) in [5, 5.41) is 15.5. The molecule has 0 aliphatic carbocycles. The lowest BCUT2D eigenvalue weighted by Crippen LogP contribution is -2.36. The first kappa shape index (κ1) is 15.4. The first-order valence-corrected chi connectivity index (χ1v) is 6.44. The zero-order chi connectivity index (χ0) is 14.5. The second kappa shape index (κ2) is 6.51. The van der Waals surface area contributed by atoms with E-state index in [-0.39, 0.29) is 6.61 Å². The van der Waals surface area contributed by atoms with E-state index < -0.39 is 5.54 Å². The van der Waals surface area contributed by atoms with Gasteiger partial charge in [0.2, 0.25) is 17.8 Å². The Morgan fingerprint density at radius 3 is 2.32 bits per heavy atom. The fraction of sp³-hybridized carbons (Fsp3) is 0.750. The van der Waals surface area contributed by atoms with Crippen molar-refractivity contribution in [3.8, 4) is 0 Å². The molecular weight excluding hydrogens is 244 g/mol. The van der Waals surface area contributed by atoms with Crippen molar-refractivity contribution >= 4 is 17.8 Å². The molecule has 1 aromatic rings. The predicted molar refractivity (Wildman–Crippen MR) is 77.7 cm³/mol. The molecule has 7 nitrogen and oxygen atoms in total. The lowest BCUT2D eigenvalue weighted by Gasteiger charge is -2.24. The molecule has 7 heteroatoms. The van der Waals surface area contributed by atoms with Gasteiger partial charge in [0.1, 0.15) is 0 Å². The van der Waals surface area contributed by atoms with Crippen molar-refractivity contribution in [3.63, 3.8) is 0 Å². The third kappa shape index (κ3) is 4.86. The van der Waals surface area contributed by atoms with Gasteiger partial charge in [-0.1, -0.05) is 6.92 Å². The fourth-order valence-electron chi connectivity index (χ4n) is 1.28. The van der Waals surface area contributed by atoms with Gasteiger partial charge in [-0.05, 0) is 20.3 Å². The highest BCUT2D eigenvalue weighted by atomic mass is 16.3. The highest BCUT2D eigenvalue weighted by molar-refractivity contribution is 5.44. The van der Waals surface area contributed by atoms with E-state index in [1.807, 2.05) is 32.8 Å². The van der Waals surface area contributed by atoms with Crippen LogP contribution in [0, 0.1) is 0 Å². The third-order valence-corrected chi connectivity index (χ3v) is 2.40. The molecule has 108 valence electrons. The zero-order valence-corrected chi connectivity index (χ0v) is 12.4. The number of hydrogen-bond donors (Lipinski definition) is 3. The fourth-order valence-corrected chi connectivity index (χ4v) is 1.28. The Morgan fingerprint density at radius 2 is 1.79 bits per heavy atom. The highest BCUT2D eigenvalue weighted by Crippen LogP contribution is 2.15. The van der Waals surface area contributed by atoms with Gasteiger partial charge in [-0.3, -0.25) is 0 Å². The summed E-state index contributed by atoms with van der Waals surface area (Å²) in [5.74, 6) is 1.57. The molecule has 0 bridgehead atoms. The molecule has 19 heavy (non-hydrogen) atoms. The number of rotatable bonds is 7. The molecule has 0 aliphatic rings. The number of nitrogens with zero attached hydrogens (tertiary/aromatic N) is 4. The van der Waals surface area contributed by atoms with E-state index >= 15 is 0 Å². The molecule has 0 spiro atoms. The van der Waals surface area contributed by atoms with Gasteiger partial charge >= 0.3 is 0 Å². The van der Waals surface area contributed by atoms with E-state index in [2.05, 4.69) is 32.5 Å². The monoisotopic (exact) mass is 268 g/mol. The maximum Gasteiger partial charge on any atom is 0.231 e. The van der Waals surface area contributed by atoms with Gasteiger partial charge in [0, 0.05) is 20.6 Å². The number of hydrogen-bond acceptors (Lipinski definition) is 7. The molecular formula is C12H24N6O. The Kier molecular flexibility index (Phi) is 5.29. The average Bonchev–Trinajstić information content (AvgIpc) is 2.35. The van der Waals surface area contributed by atoms with Crippen molar-refractivity contribution < 1.29 is 5.11 Å². The van der Waals surface area contributed by atoms with Crippen LogP contribution in [-0.2, 0) is 0 Å². The van der Waals surface area contributed by atoms with E-state index in [1.165, 1.54) is 0 Å². The van der Waals surface area contributed by atoms with Crippen LogP contribution in [0.25, 0.3) is 0 Å². The third-order valence-electron chi connectivity index (χ3n) is 2.40. The molecule has 1 rings (SSSR count). The number of nitrogens with one attached hydrogen (secondary N) is 2. The number of aliphatic hydroxyl groups is 1. The topological polar surface area (TPSA) is 86.2 Å². The van der Waals surface area contributed by atoms with Crippen molar-refractivity contribution in [1.82, 2.24) is 15.0 Å². The zero-order valence-electron chi connectivity index (χ0n) is 12.4. The van der Waals surface area contributed by atoms with Crippen molar-refractivity contribution in [2.24, 2.45) is 0 Å². The SMILES string of the molecule is CCCNc1nc(NC(C)(C)CO)nc(N(C)C)n1. The Labute approximate surface area is 114 Å². The van der Waals surface area contributed by atoms with Gasteiger partial charge in [-0.25, -0.2) is 0 Å². The normalized spacial score (nSPS) is 11.3. The van der Waals surface area contributed by atoms with Crippen molar-refractivity contribution in [2.75, 3.05) is 42.8 Å². The summed E-state index contributed by atoms with van der Waals surface area (Å²) in [6.07, 6.45) is 0.994. The van der Waals surface area contributed by atoms with E-state index in [1.54, 1.807) is 0 Å². The van der Waals surface area contributed by atoms with Gasteiger partial charge in [-0.2, -0.15) is 15.0 Å². The van der Waals surface area contributed by atoms with Crippen LogP contribution < -0.4 is 15.5 Å². The van der Waals surface area contributed by atoms with Gasteiger partial charge < -0.3 is 20.6 Å². The number of aliphatic hydroxyl groups excluding tert-OH is 1. The molecule has 3 N–H and O–H groups in total. The van der Waals surface area contributed by atoms with Gasteiger partial charge in [0.25, 0.3) is 0 Å². The highest BCUT2D eigenvalue weighted by Gasteiger charge is 2.18. The standard InChI is InChI=1S/C12H24N6O/c1-6-7-13-9-14-10(17-12(2,3)8-19)16-11(15-9)18(4)5/h19H,6-8H2,1-5H3,(H2,13,14,15,16,17). The molecule has 0 saturated carbocycles. The molecule has 0 radical (unpaired) electrons. The average molecular weight is 268 g/mol. The summed E-state index contributed by atoms with van der Waals surface area (Å²) in [6.45, 7) is 6.64. The van der Waals surface area contributed by atoms with E-state index in [0.717, 1.165) is 13.0 Å². The van der Waals surface area contributed by atoms with Crippen LogP contribution in [0.3, 0.4) is 0 Å². The maximum absolute atomic E-state index is 9.28. The van der Waals surface area contributed by atoms with E-state index in [4.69, 9.17) is 0 Å². The smallest absolute Gasteiger partial charge is 0.231 e. The molecule has 1 heterocycles. The first-order chi connectivity index (χ1) is 8.88. The second-order valence-corrected chi connectivity index (χ2v) is 5.27. The molecule has 0 aliphatic heterocycles. The van der Waals surface area contributed by atoms with Crippen LogP contribution in [0.15, 0.2) is 0 Å². The minimum absolute atomic E-state index is 0.00625. The molecule has 0 unspecified atom stereocenters. The van der Waals surface area contributed by atoms with Crippen LogP contribution >= 0.6 is 0 Å². The van der Waals surface area contributed by atoms with Crippen LogP contribution in [0.2, 0.25) is 0 Å². The minimum atomic E-state index is -0.479. The van der Waals surface area contributed by atoms with Gasteiger partial charge in [0.05, 0.1) is 12.1 Å². The quantitative estimate of drug-likeness (QED) is 0.678. The van der Waals surface area contributed by atoms with Gasteiger partial charge in [-0.15, -0.1) is 0 Å². The largest absolute Gasteiger partial charge is 0.394 e. The predicted octanol–water partition coefficient (Wildman–Crippen LogP) is 0.942. The molecule has 0 saturated heterocycles.